The van der Waals surface area contributed by atoms with Gasteiger partial charge in [-0.3, -0.25) is 0 Å². The smallest absolute Gasteiger partial charge is 0.231 e. The molecule has 1 aliphatic carbocycles. The summed E-state index contributed by atoms with van der Waals surface area (Å²) in [6.45, 7) is 2.12. The van der Waals surface area contributed by atoms with E-state index in [0.29, 0.717) is 12.3 Å². The van der Waals surface area contributed by atoms with E-state index in [4.69, 9.17) is 9.51 Å². The lowest BCUT2D eigenvalue weighted by molar-refractivity contribution is 0.377. The van der Waals surface area contributed by atoms with Crippen LogP contribution in [-0.2, 0) is 11.8 Å². The van der Waals surface area contributed by atoms with Crippen LogP contribution in [0.3, 0.4) is 0 Å². The van der Waals surface area contributed by atoms with E-state index in [1.807, 2.05) is 12.3 Å². The van der Waals surface area contributed by atoms with Crippen LogP contribution in [0, 0.1) is 6.92 Å². The van der Waals surface area contributed by atoms with E-state index in [2.05, 4.69) is 52.4 Å². The minimum absolute atomic E-state index is 0.0600. The summed E-state index contributed by atoms with van der Waals surface area (Å²) in [5, 5.41) is 5.40. The summed E-state index contributed by atoms with van der Waals surface area (Å²) in [5.41, 5.74) is 4.50. The molecule has 0 atom stereocenters. The van der Waals surface area contributed by atoms with Crippen LogP contribution in [0.2, 0.25) is 0 Å². The minimum atomic E-state index is -0.0600. The molecule has 0 radical (unpaired) electrons. The van der Waals surface area contributed by atoms with Gasteiger partial charge in [0.25, 0.3) is 0 Å². The molecular weight excluding hydrogens is 312 g/mol. The summed E-state index contributed by atoms with van der Waals surface area (Å²) in [7, 11) is 0. The summed E-state index contributed by atoms with van der Waals surface area (Å²) >= 11 is 0. The van der Waals surface area contributed by atoms with E-state index in [9.17, 15) is 0 Å². The van der Waals surface area contributed by atoms with Gasteiger partial charge in [0, 0.05) is 17.8 Å². The SMILES string of the molecule is Cc1cccc(C2(c3noc(Cc4c[nH]c5ncccc45)n3)CC2)c1. The van der Waals surface area contributed by atoms with Gasteiger partial charge in [-0.25, -0.2) is 4.98 Å². The molecule has 0 bridgehead atoms. The molecule has 5 nitrogen and oxygen atoms in total. The van der Waals surface area contributed by atoms with E-state index in [1.54, 1.807) is 6.20 Å². The van der Waals surface area contributed by atoms with Crippen molar-refractivity contribution in [2.45, 2.75) is 31.6 Å². The van der Waals surface area contributed by atoms with Crippen molar-refractivity contribution in [2.24, 2.45) is 0 Å². The first kappa shape index (κ1) is 14.4. The van der Waals surface area contributed by atoms with Crippen molar-refractivity contribution >= 4 is 11.0 Å². The number of pyridine rings is 1. The molecule has 0 aliphatic heterocycles. The number of aromatic nitrogens is 4. The van der Waals surface area contributed by atoms with Crippen molar-refractivity contribution in [2.75, 3.05) is 0 Å². The maximum absolute atomic E-state index is 5.57. The largest absolute Gasteiger partial charge is 0.346 e. The van der Waals surface area contributed by atoms with Crippen LogP contribution in [0.4, 0.5) is 0 Å². The van der Waals surface area contributed by atoms with Crippen LogP contribution < -0.4 is 0 Å². The van der Waals surface area contributed by atoms with Gasteiger partial charge in [-0.05, 0) is 43.0 Å². The Bertz CT molecular complexity index is 1060. The predicted octanol–water partition coefficient (Wildman–Crippen LogP) is 3.93. The molecule has 25 heavy (non-hydrogen) atoms. The normalized spacial score (nSPS) is 15.6. The van der Waals surface area contributed by atoms with Crippen LogP contribution in [0.5, 0.6) is 0 Å². The maximum Gasteiger partial charge on any atom is 0.231 e. The number of aryl methyl sites for hydroxylation is 1. The molecule has 1 N–H and O–H groups in total. The number of benzene rings is 1. The highest BCUT2D eigenvalue weighted by Gasteiger charge is 2.50. The van der Waals surface area contributed by atoms with E-state index >= 15 is 0 Å². The molecular formula is C20H18N4O. The standard InChI is InChI=1S/C20H18N4O/c1-13-4-2-5-15(10-13)20(7-8-20)19-23-17(25-24-19)11-14-12-22-18-16(14)6-3-9-21-18/h2-6,9-10,12H,7-8,11H2,1H3,(H,21,22). The summed E-state index contributed by atoms with van der Waals surface area (Å²) in [6.07, 6.45) is 6.52. The molecule has 1 aliphatic rings. The third-order valence-corrected chi connectivity index (χ3v) is 5.10. The Balaban J connectivity index is 1.46. The zero-order valence-electron chi connectivity index (χ0n) is 14.0. The van der Waals surface area contributed by atoms with Crippen molar-refractivity contribution in [3.8, 4) is 0 Å². The van der Waals surface area contributed by atoms with Crippen molar-refractivity contribution in [3.63, 3.8) is 0 Å². The number of hydrogen-bond donors (Lipinski definition) is 1. The topological polar surface area (TPSA) is 67.6 Å². The van der Waals surface area contributed by atoms with Gasteiger partial charge < -0.3 is 9.51 Å². The minimum Gasteiger partial charge on any atom is -0.346 e. The van der Waals surface area contributed by atoms with Gasteiger partial charge in [0.2, 0.25) is 5.89 Å². The van der Waals surface area contributed by atoms with Gasteiger partial charge in [-0.2, -0.15) is 4.98 Å². The highest BCUT2D eigenvalue weighted by molar-refractivity contribution is 5.79. The molecule has 3 heterocycles. The number of rotatable bonds is 4. The van der Waals surface area contributed by atoms with Crippen LogP contribution in [-0.4, -0.2) is 20.1 Å². The van der Waals surface area contributed by atoms with Gasteiger partial charge in [0.1, 0.15) is 5.65 Å². The van der Waals surface area contributed by atoms with E-state index < -0.39 is 0 Å². The molecule has 1 fully saturated rings. The van der Waals surface area contributed by atoms with Crippen molar-refractivity contribution in [1.82, 2.24) is 20.1 Å². The second-order valence-electron chi connectivity index (χ2n) is 6.85. The van der Waals surface area contributed by atoms with Crippen molar-refractivity contribution in [1.29, 1.82) is 0 Å². The average Bonchev–Trinajstić information content (AvgIpc) is 3.14. The summed E-state index contributed by atoms with van der Waals surface area (Å²) in [5.74, 6) is 1.46. The Morgan fingerprint density at radius 1 is 1.20 bits per heavy atom. The molecule has 1 aromatic carbocycles. The number of nitrogens with one attached hydrogen (secondary N) is 1. The highest BCUT2D eigenvalue weighted by Crippen LogP contribution is 2.52. The predicted molar refractivity (Wildman–Crippen MR) is 94.4 cm³/mol. The quantitative estimate of drug-likeness (QED) is 0.616. The molecule has 0 spiro atoms. The van der Waals surface area contributed by atoms with Crippen LogP contribution in [0.1, 0.15) is 41.2 Å². The summed E-state index contributed by atoms with van der Waals surface area (Å²) in [6, 6.07) is 12.6. The molecule has 5 rings (SSSR count). The van der Waals surface area contributed by atoms with Crippen LogP contribution in [0.15, 0.2) is 53.3 Å². The Kier molecular flexibility index (Phi) is 3.04. The fourth-order valence-corrected chi connectivity index (χ4v) is 3.55. The number of H-pyrrole nitrogens is 1. The molecule has 0 saturated heterocycles. The second-order valence-corrected chi connectivity index (χ2v) is 6.85. The lowest BCUT2D eigenvalue weighted by Crippen LogP contribution is -2.11. The Labute approximate surface area is 145 Å². The fraction of sp³-hybridized carbons (Fsp3) is 0.250. The van der Waals surface area contributed by atoms with Gasteiger partial charge in [-0.15, -0.1) is 0 Å². The number of aromatic amines is 1. The number of nitrogens with zero attached hydrogens (tertiary/aromatic N) is 3. The number of fused-ring (bicyclic) bond motifs is 1. The molecule has 3 aromatic heterocycles. The monoisotopic (exact) mass is 330 g/mol. The van der Waals surface area contributed by atoms with Crippen LogP contribution >= 0.6 is 0 Å². The van der Waals surface area contributed by atoms with E-state index in [0.717, 1.165) is 35.3 Å². The molecule has 5 heteroatoms. The first-order valence-electron chi connectivity index (χ1n) is 8.56. The highest BCUT2D eigenvalue weighted by atomic mass is 16.5. The van der Waals surface area contributed by atoms with E-state index in [-0.39, 0.29) is 5.41 Å². The second kappa shape index (κ2) is 5.28. The molecule has 124 valence electrons. The van der Waals surface area contributed by atoms with Gasteiger partial charge in [-0.1, -0.05) is 35.0 Å². The Morgan fingerprint density at radius 2 is 2.12 bits per heavy atom. The Morgan fingerprint density at radius 3 is 2.96 bits per heavy atom. The third kappa shape index (κ3) is 2.35. The molecule has 0 amide bonds. The Hall–Kier alpha value is -2.95. The fourth-order valence-electron chi connectivity index (χ4n) is 3.55. The van der Waals surface area contributed by atoms with Crippen molar-refractivity contribution in [3.05, 3.63) is 77.2 Å². The van der Waals surface area contributed by atoms with Crippen LogP contribution in [0.25, 0.3) is 11.0 Å². The van der Waals surface area contributed by atoms with Gasteiger partial charge >= 0.3 is 0 Å². The summed E-state index contributed by atoms with van der Waals surface area (Å²) in [4.78, 5) is 12.2. The first-order valence-corrected chi connectivity index (χ1v) is 8.56. The summed E-state index contributed by atoms with van der Waals surface area (Å²) < 4.78 is 5.57. The van der Waals surface area contributed by atoms with Gasteiger partial charge in [0.15, 0.2) is 5.82 Å². The average molecular weight is 330 g/mol. The first-order chi connectivity index (χ1) is 12.2. The van der Waals surface area contributed by atoms with Crippen molar-refractivity contribution < 1.29 is 4.52 Å². The molecule has 0 unspecified atom stereocenters. The zero-order valence-corrected chi connectivity index (χ0v) is 14.0. The lowest BCUT2D eigenvalue weighted by atomic mass is 9.94. The number of hydrogen-bond acceptors (Lipinski definition) is 4. The maximum atomic E-state index is 5.57. The molecule has 4 aromatic rings. The molecule has 1 saturated carbocycles. The van der Waals surface area contributed by atoms with Gasteiger partial charge in [0.05, 0.1) is 11.8 Å². The van der Waals surface area contributed by atoms with E-state index in [1.165, 1.54) is 11.1 Å². The zero-order chi connectivity index (χ0) is 16.9. The third-order valence-electron chi connectivity index (χ3n) is 5.10. The lowest BCUT2D eigenvalue weighted by Gasteiger charge is -2.11.